The first-order chi connectivity index (χ1) is 16.2. The molecule has 1 aromatic rings. The van der Waals surface area contributed by atoms with Gasteiger partial charge in [-0.15, -0.1) is 0 Å². The van der Waals surface area contributed by atoms with Crippen LogP contribution in [0.1, 0.15) is 39.5 Å². The lowest BCUT2D eigenvalue weighted by atomic mass is 9.44. The molecule has 1 aliphatic heterocycles. The molecule has 8 atom stereocenters. The zero-order valence-corrected chi connectivity index (χ0v) is 20.1. The maximum absolute atomic E-state index is 13.6. The van der Waals surface area contributed by atoms with Gasteiger partial charge in [0.1, 0.15) is 6.61 Å². The first-order valence-electron chi connectivity index (χ1n) is 12.8. The van der Waals surface area contributed by atoms with Crippen LogP contribution in [0, 0.1) is 39.9 Å². The quantitative estimate of drug-likeness (QED) is 0.720. The second kappa shape index (κ2) is 7.38. The monoisotopic (exact) mass is 461 g/mol. The van der Waals surface area contributed by atoms with E-state index in [9.17, 15) is 19.8 Å². The zero-order chi connectivity index (χ0) is 23.9. The van der Waals surface area contributed by atoms with Crippen LogP contribution in [0.2, 0.25) is 0 Å². The number of benzene rings is 1. The maximum atomic E-state index is 13.6. The molecule has 6 rings (SSSR count). The summed E-state index contributed by atoms with van der Waals surface area (Å²) in [5.41, 5.74) is 0.947. The van der Waals surface area contributed by atoms with E-state index in [1.165, 1.54) is 0 Å². The lowest BCUT2D eigenvalue weighted by Crippen LogP contribution is -2.60. The van der Waals surface area contributed by atoms with Crippen molar-refractivity contribution in [3.63, 3.8) is 0 Å². The van der Waals surface area contributed by atoms with Crippen LogP contribution in [0.15, 0.2) is 54.1 Å². The minimum atomic E-state index is -0.649. The highest BCUT2D eigenvalue weighted by Gasteiger charge is 2.73. The lowest BCUT2D eigenvalue weighted by molar-refractivity contribution is -0.157. The second-order valence-electron chi connectivity index (χ2n) is 11.9. The molecule has 1 saturated heterocycles. The Balaban J connectivity index is 1.41. The molecule has 0 bridgehead atoms. The van der Waals surface area contributed by atoms with Gasteiger partial charge in [0, 0.05) is 30.1 Å². The van der Waals surface area contributed by atoms with Crippen molar-refractivity contribution in [2.24, 2.45) is 39.9 Å². The number of rotatable bonds is 3. The lowest BCUT2D eigenvalue weighted by Gasteiger charge is -2.60. The fraction of sp³-hybridized carbons (Fsp3) is 0.586. The van der Waals surface area contributed by atoms with Crippen molar-refractivity contribution >= 4 is 17.3 Å². The number of Topliss-reactive ketones (excluding diaryl/α,β-unsaturated/α-hetero) is 1. The molecule has 34 heavy (non-hydrogen) atoms. The molecule has 3 saturated carbocycles. The van der Waals surface area contributed by atoms with E-state index in [2.05, 4.69) is 30.9 Å². The molecular weight excluding hydrogens is 426 g/mol. The maximum Gasteiger partial charge on any atom is 0.178 e. The number of hydrogen-bond acceptors (Lipinski definition) is 5. The molecule has 5 heteroatoms. The van der Waals surface area contributed by atoms with Crippen LogP contribution in [0.25, 0.3) is 0 Å². The van der Waals surface area contributed by atoms with Crippen molar-refractivity contribution in [1.82, 2.24) is 0 Å². The Morgan fingerprint density at radius 2 is 1.97 bits per heavy atom. The van der Waals surface area contributed by atoms with Gasteiger partial charge in [0.05, 0.1) is 11.5 Å². The second-order valence-corrected chi connectivity index (χ2v) is 11.9. The van der Waals surface area contributed by atoms with Gasteiger partial charge in [0.15, 0.2) is 11.6 Å². The van der Waals surface area contributed by atoms with Gasteiger partial charge in [-0.05, 0) is 73.1 Å². The molecule has 4 aliphatic carbocycles. The minimum absolute atomic E-state index is 0.0463. The summed E-state index contributed by atoms with van der Waals surface area (Å²) >= 11 is 0. The minimum Gasteiger partial charge on any atom is -0.393 e. The number of allylic oxidation sites excluding steroid dienone is 4. The van der Waals surface area contributed by atoms with Crippen molar-refractivity contribution in [2.75, 3.05) is 24.6 Å². The number of hydrogen-bond donors (Lipinski definition) is 2. The van der Waals surface area contributed by atoms with Gasteiger partial charge in [0.2, 0.25) is 0 Å². The van der Waals surface area contributed by atoms with E-state index < -0.39 is 18.1 Å². The number of carbonyl (C=O) groups excluding carboxylic acids is 2. The summed E-state index contributed by atoms with van der Waals surface area (Å²) in [6.45, 7) is 5.39. The molecule has 0 radical (unpaired) electrons. The third kappa shape index (κ3) is 2.68. The smallest absolute Gasteiger partial charge is 0.178 e. The summed E-state index contributed by atoms with van der Waals surface area (Å²) in [4.78, 5) is 28.0. The van der Waals surface area contributed by atoms with Gasteiger partial charge in [0.25, 0.3) is 0 Å². The average Bonchev–Trinajstić information content (AvgIpc) is 3.32. The highest BCUT2D eigenvalue weighted by molar-refractivity contribution is 6.01. The van der Waals surface area contributed by atoms with Crippen LogP contribution in [0.4, 0.5) is 5.69 Å². The summed E-state index contributed by atoms with van der Waals surface area (Å²) in [5.74, 6) is 0.834. The molecule has 180 valence electrons. The molecule has 5 aliphatic rings. The van der Waals surface area contributed by atoms with E-state index in [4.69, 9.17) is 0 Å². The van der Waals surface area contributed by atoms with E-state index >= 15 is 0 Å². The number of nitrogens with zero attached hydrogens (tertiary/aromatic N) is 1. The van der Waals surface area contributed by atoms with Gasteiger partial charge in [-0.3, -0.25) is 9.59 Å². The van der Waals surface area contributed by atoms with Crippen molar-refractivity contribution in [3.05, 3.63) is 54.1 Å². The normalized spacial score (nSPS) is 44.7. The number of aliphatic hydroxyl groups excluding tert-OH is 2. The molecule has 0 amide bonds. The van der Waals surface area contributed by atoms with Gasteiger partial charge < -0.3 is 15.1 Å². The van der Waals surface area contributed by atoms with Crippen molar-refractivity contribution < 1.29 is 19.8 Å². The molecular formula is C29H35NO4. The Labute approximate surface area is 201 Å². The summed E-state index contributed by atoms with van der Waals surface area (Å²) in [6, 6.07) is 10.2. The first-order valence-corrected chi connectivity index (χ1v) is 12.8. The fourth-order valence-electron chi connectivity index (χ4n) is 9.38. The summed E-state index contributed by atoms with van der Waals surface area (Å²) in [5, 5.41) is 21.9. The molecule has 4 fully saturated rings. The van der Waals surface area contributed by atoms with Crippen LogP contribution < -0.4 is 4.90 Å². The molecule has 2 N–H and O–H groups in total. The van der Waals surface area contributed by atoms with Gasteiger partial charge in [-0.2, -0.15) is 0 Å². The first kappa shape index (κ1) is 22.2. The zero-order valence-electron chi connectivity index (χ0n) is 20.1. The van der Waals surface area contributed by atoms with Crippen LogP contribution >= 0.6 is 0 Å². The Morgan fingerprint density at radius 3 is 2.71 bits per heavy atom. The largest absolute Gasteiger partial charge is 0.393 e. The molecule has 1 aromatic carbocycles. The van der Waals surface area contributed by atoms with Crippen LogP contribution in [0.5, 0.6) is 0 Å². The van der Waals surface area contributed by atoms with E-state index in [-0.39, 0.29) is 34.2 Å². The summed E-state index contributed by atoms with van der Waals surface area (Å²) in [6.07, 6.45) is 8.28. The highest BCUT2D eigenvalue weighted by atomic mass is 16.3. The van der Waals surface area contributed by atoms with E-state index in [0.717, 1.165) is 37.1 Å². The third-order valence-corrected chi connectivity index (χ3v) is 10.8. The number of para-hydroxylation sites is 1. The van der Waals surface area contributed by atoms with Crippen molar-refractivity contribution in [1.29, 1.82) is 0 Å². The highest BCUT2D eigenvalue weighted by Crippen LogP contribution is 2.72. The molecule has 0 aromatic heterocycles. The molecule has 0 spiro atoms. The van der Waals surface area contributed by atoms with E-state index in [1.807, 2.05) is 24.3 Å². The van der Waals surface area contributed by atoms with Gasteiger partial charge in [-0.25, -0.2) is 0 Å². The van der Waals surface area contributed by atoms with E-state index in [1.54, 1.807) is 12.2 Å². The van der Waals surface area contributed by atoms with Crippen LogP contribution in [-0.4, -0.2) is 47.6 Å². The fourth-order valence-corrected chi connectivity index (χ4v) is 9.38. The molecule has 8 unspecified atom stereocenters. The standard InChI is InChI=1S/C29H35NO4/c1-27-11-10-21(32)12-18(27)8-9-22-23-13-19-15-30(20-6-4-3-5-7-20)17-29(19,25(34)16-31)28(23,2)14-24(33)26(22)27/h3-7,10-12,19,22-24,26,31,33H,8-9,13-17H2,1-2H3. The number of aliphatic hydroxyl groups is 2. The van der Waals surface area contributed by atoms with E-state index in [0.29, 0.717) is 24.8 Å². The number of ketones is 2. The topological polar surface area (TPSA) is 77.8 Å². The van der Waals surface area contributed by atoms with Crippen LogP contribution in [0.3, 0.4) is 0 Å². The van der Waals surface area contributed by atoms with Crippen molar-refractivity contribution in [3.8, 4) is 0 Å². The summed E-state index contributed by atoms with van der Waals surface area (Å²) < 4.78 is 0. The number of carbonyl (C=O) groups is 2. The Hall–Kier alpha value is -2.24. The average molecular weight is 462 g/mol. The Bertz CT molecular complexity index is 1090. The third-order valence-electron chi connectivity index (χ3n) is 10.8. The molecule has 5 nitrogen and oxygen atoms in total. The molecule has 1 heterocycles. The van der Waals surface area contributed by atoms with Gasteiger partial charge >= 0.3 is 0 Å². The summed E-state index contributed by atoms with van der Waals surface area (Å²) in [7, 11) is 0. The van der Waals surface area contributed by atoms with Crippen LogP contribution in [-0.2, 0) is 9.59 Å². The predicted molar refractivity (Wildman–Crippen MR) is 130 cm³/mol. The Morgan fingerprint density at radius 1 is 1.21 bits per heavy atom. The van der Waals surface area contributed by atoms with Gasteiger partial charge in [-0.1, -0.05) is 43.7 Å². The number of anilines is 1. The SMILES string of the molecule is CC12C=CC(=O)C=C1CCC1C2C(O)CC2(C)C1CC1CN(c3ccccc3)CC12C(=O)CO. The predicted octanol–water partition coefficient (Wildman–Crippen LogP) is 3.56. The Kier molecular flexibility index (Phi) is 4.83. The number of fused-ring (bicyclic) bond motifs is 7. The van der Waals surface area contributed by atoms with Crippen molar-refractivity contribution in [2.45, 2.75) is 45.6 Å².